The van der Waals surface area contributed by atoms with E-state index in [-0.39, 0.29) is 22.4 Å². The summed E-state index contributed by atoms with van der Waals surface area (Å²) in [4.78, 5) is 49.1. The SMILES string of the molecule is Cc1sc2nc(CSC(C)C(=O)N3CCN(c4ccc([N+](=O)[O-])cc4)CC3)[nH]c(=O)c2c1C. The lowest BCUT2D eigenvalue weighted by molar-refractivity contribution is -0.384. The fourth-order valence-corrected chi connectivity index (χ4v) is 5.76. The van der Waals surface area contributed by atoms with Gasteiger partial charge in [-0.1, -0.05) is 0 Å². The standard InChI is InChI=1S/C22H25N5O4S2/c1-13-14(2)33-21-19(13)20(28)23-18(24-21)12-32-15(3)22(29)26-10-8-25(9-11-26)16-4-6-17(7-5-16)27(30)31/h4-7,15H,8-12H2,1-3H3,(H,23,24,28). The number of carbonyl (C=O) groups is 1. The molecule has 1 aliphatic heterocycles. The molecule has 0 saturated carbocycles. The van der Waals surface area contributed by atoms with Crippen LogP contribution >= 0.6 is 23.1 Å². The van der Waals surface area contributed by atoms with Gasteiger partial charge in [0.05, 0.1) is 21.3 Å². The zero-order chi connectivity index (χ0) is 23.7. The van der Waals surface area contributed by atoms with Gasteiger partial charge in [-0.2, -0.15) is 0 Å². The molecule has 3 aromatic rings. The van der Waals surface area contributed by atoms with Crippen LogP contribution in [0.1, 0.15) is 23.2 Å². The molecule has 1 fully saturated rings. The highest BCUT2D eigenvalue weighted by Gasteiger charge is 2.26. The Morgan fingerprint density at radius 3 is 2.55 bits per heavy atom. The monoisotopic (exact) mass is 487 g/mol. The number of nitro benzene ring substituents is 1. The van der Waals surface area contributed by atoms with E-state index in [9.17, 15) is 19.7 Å². The number of anilines is 1. The fraction of sp³-hybridized carbons (Fsp3) is 0.409. The van der Waals surface area contributed by atoms with Crippen LogP contribution in [0.15, 0.2) is 29.1 Å². The van der Waals surface area contributed by atoms with Gasteiger partial charge in [0, 0.05) is 48.9 Å². The van der Waals surface area contributed by atoms with Gasteiger partial charge >= 0.3 is 0 Å². The van der Waals surface area contributed by atoms with E-state index in [0.29, 0.717) is 43.1 Å². The molecule has 1 aromatic carbocycles. The van der Waals surface area contributed by atoms with Crippen LogP contribution in [0.5, 0.6) is 0 Å². The Hall–Kier alpha value is -2.92. The molecule has 3 heterocycles. The van der Waals surface area contributed by atoms with Crippen LogP contribution < -0.4 is 10.5 Å². The highest BCUT2D eigenvalue weighted by Crippen LogP contribution is 2.27. The van der Waals surface area contributed by atoms with Crippen molar-refractivity contribution in [3.8, 4) is 0 Å². The molecule has 0 aliphatic carbocycles. The summed E-state index contributed by atoms with van der Waals surface area (Å²) >= 11 is 2.98. The number of H-pyrrole nitrogens is 1. The van der Waals surface area contributed by atoms with Gasteiger partial charge in [0.15, 0.2) is 0 Å². The average molecular weight is 488 g/mol. The maximum absolute atomic E-state index is 12.9. The maximum Gasteiger partial charge on any atom is 0.269 e. The molecule has 0 radical (unpaired) electrons. The first-order valence-electron chi connectivity index (χ1n) is 10.6. The highest BCUT2D eigenvalue weighted by molar-refractivity contribution is 7.99. The van der Waals surface area contributed by atoms with E-state index >= 15 is 0 Å². The first-order valence-corrected chi connectivity index (χ1v) is 12.5. The number of hydrogen-bond donors (Lipinski definition) is 1. The second-order valence-corrected chi connectivity index (χ2v) is 10.5. The predicted octanol–water partition coefficient (Wildman–Crippen LogP) is 3.48. The normalized spacial score (nSPS) is 15.1. The number of piperazine rings is 1. The van der Waals surface area contributed by atoms with Crippen LogP contribution in [0.25, 0.3) is 10.2 Å². The number of thioether (sulfide) groups is 1. The lowest BCUT2D eigenvalue weighted by Gasteiger charge is -2.37. The number of fused-ring (bicyclic) bond motifs is 1. The van der Waals surface area contributed by atoms with E-state index in [2.05, 4.69) is 14.9 Å². The third-order valence-electron chi connectivity index (χ3n) is 5.92. The molecule has 33 heavy (non-hydrogen) atoms. The van der Waals surface area contributed by atoms with Crippen LogP contribution in [-0.4, -0.2) is 57.1 Å². The number of thiophene rings is 1. The third-order valence-corrected chi connectivity index (χ3v) is 8.17. The Morgan fingerprint density at radius 2 is 1.91 bits per heavy atom. The molecule has 0 bridgehead atoms. The Bertz CT molecular complexity index is 1250. The molecule has 1 saturated heterocycles. The molecule has 1 aliphatic rings. The molecule has 1 amide bonds. The number of non-ortho nitro benzene ring substituents is 1. The summed E-state index contributed by atoms with van der Waals surface area (Å²) in [5.41, 5.74) is 1.83. The quantitative estimate of drug-likeness (QED) is 0.418. The molecule has 2 aromatic heterocycles. The molecule has 11 heteroatoms. The lowest BCUT2D eigenvalue weighted by Crippen LogP contribution is -2.50. The fourth-order valence-electron chi connectivity index (χ4n) is 3.87. The van der Waals surface area contributed by atoms with Crippen molar-refractivity contribution >= 4 is 50.6 Å². The summed E-state index contributed by atoms with van der Waals surface area (Å²) < 4.78 is 0. The largest absolute Gasteiger partial charge is 0.368 e. The molecular weight excluding hydrogens is 462 g/mol. The van der Waals surface area contributed by atoms with Gasteiger partial charge in [-0.3, -0.25) is 19.7 Å². The first kappa shape index (κ1) is 23.2. The Morgan fingerprint density at radius 1 is 1.24 bits per heavy atom. The van der Waals surface area contributed by atoms with Crippen LogP contribution in [0.2, 0.25) is 0 Å². The molecule has 1 atom stereocenters. The minimum atomic E-state index is -0.412. The number of aryl methyl sites for hydroxylation is 2. The van der Waals surface area contributed by atoms with Crippen molar-refractivity contribution < 1.29 is 9.72 Å². The van der Waals surface area contributed by atoms with Crippen molar-refractivity contribution in [2.45, 2.75) is 31.8 Å². The average Bonchev–Trinajstić information content (AvgIpc) is 3.10. The molecular formula is C22H25N5O4S2. The van der Waals surface area contributed by atoms with E-state index in [1.54, 1.807) is 12.1 Å². The number of benzene rings is 1. The number of rotatable bonds is 6. The number of nitrogens with zero attached hydrogens (tertiary/aromatic N) is 4. The van der Waals surface area contributed by atoms with Gasteiger partial charge in [-0.05, 0) is 38.5 Å². The Kier molecular flexibility index (Phi) is 6.71. The second-order valence-electron chi connectivity index (χ2n) is 8.02. The minimum absolute atomic E-state index is 0.0644. The van der Waals surface area contributed by atoms with E-state index in [1.807, 2.05) is 25.7 Å². The predicted molar refractivity (Wildman–Crippen MR) is 132 cm³/mol. The summed E-state index contributed by atoms with van der Waals surface area (Å²) in [5, 5.41) is 11.2. The molecule has 174 valence electrons. The van der Waals surface area contributed by atoms with Crippen molar-refractivity contribution in [2.24, 2.45) is 0 Å². The summed E-state index contributed by atoms with van der Waals surface area (Å²) in [6, 6.07) is 6.49. The van der Waals surface area contributed by atoms with Crippen molar-refractivity contribution in [1.82, 2.24) is 14.9 Å². The number of amides is 1. The zero-order valence-corrected chi connectivity index (χ0v) is 20.3. The number of aromatic amines is 1. The smallest absolute Gasteiger partial charge is 0.269 e. The van der Waals surface area contributed by atoms with E-state index in [4.69, 9.17) is 0 Å². The highest BCUT2D eigenvalue weighted by atomic mass is 32.2. The van der Waals surface area contributed by atoms with Crippen molar-refractivity contribution in [1.29, 1.82) is 0 Å². The van der Waals surface area contributed by atoms with Gasteiger partial charge in [0.1, 0.15) is 10.7 Å². The lowest BCUT2D eigenvalue weighted by atomic mass is 10.2. The van der Waals surface area contributed by atoms with Crippen molar-refractivity contribution in [3.63, 3.8) is 0 Å². The number of nitro groups is 1. The number of hydrogen-bond acceptors (Lipinski definition) is 8. The summed E-state index contributed by atoms with van der Waals surface area (Å²) in [7, 11) is 0. The van der Waals surface area contributed by atoms with E-state index < -0.39 is 4.92 Å². The molecule has 9 nitrogen and oxygen atoms in total. The number of nitrogens with one attached hydrogen (secondary N) is 1. The van der Waals surface area contributed by atoms with Crippen molar-refractivity contribution in [3.05, 3.63) is 61.0 Å². The Balaban J connectivity index is 1.32. The molecule has 1 unspecified atom stereocenters. The number of aromatic nitrogens is 2. The summed E-state index contributed by atoms with van der Waals surface area (Å²) in [6.45, 7) is 8.32. The Labute approximate surface area is 199 Å². The number of carbonyl (C=O) groups excluding carboxylic acids is 1. The van der Waals surface area contributed by atoms with Gasteiger partial charge in [-0.25, -0.2) is 4.98 Å². The van der Waals surface area contributed by atoms with Crippen LogP contribution in [0, 0.1) is 24.0 Å². The van der Waals surface area contributed by atoms with Gasteiger partial charge in [-0.15, -0.1) is 23.1 Å². The molecule has 0 spiro atoms. The zero-order valence-electron chi connectivity index (χ0n) is 18.7. The van der Waals surface area contributed by atoms with Crippen LogP contribution in [-0.2, 0) is 10.5 Å². The second kappa shape index (κ2) is 9.52. The summed E-state index contributed by atoms with van der Waals surface area (Å²) in [6.07, 6.45) is 0. The van der Waals surface area contributed by atoms with E-state index in [1.165, 1.54) is 35.2 Å². The molecule has 4 rings (SSSR count). The van der Waals surface area contributed by atoms with Gasteiger partial charge < -0.3 is 14.8 Å². The third kappa shape index (κ3) is 4.88. The first-order chi connectivity index (χ1) is 15.7. The van der Waals surface area contributed by atoms with Crippen LogP contribution in [0.3, 0.4) is 0 Å². The van der Waals surface area contributed by atoms with Crippen molar-refractivity contribution in [2.75, 3.05) is 31.1 Å². The topological polar surface area (TPSA) is 112 Å². The van der Waals surface area contributed by atoms with E-state index in [0.717, 1.165) is 21.0 Å². The van der Waals surface area contributed by atoms with Gasteiger partial charge in [0.2, 0.25) is 5.91 Å². The van der Waals surface area contributed by atoms with Gasteiger partial charge in [0.25, 0.3) is 11.2 Å². The molecule has 1 N–H and O–H groups in total. The minimum Gasteiger partial charge on any atom is -0.368 e. The summed E-state index contributed by atoms with van der Waals surface area (Å²) in [5.74, 6) is 1.10. The van der Waals surface area contributed by atoms with Crippen LogP contribution in [0.4, 0.5) is 11.4 Å². The maximum atomic E-state index is 12.9.